The molecule has 0 unspecified atom stereocenters. The van der Waals surface area contributed by atoms with Gasteiger partial charge in [0.05, 0.1) is 22.8 Å². The van der Waals surface area contributed by atoms with E-state index < -0.39 is 0 Å². The number of carbonyl (C=O) groups excluding carboxylic acids is 1. The number of hydrogen-bond acceptors (Lipinski definition) is 4. The van der Waals surface area contributed by atoms with Crippen molar-refractivity contribution in [2.24, 2.45) is 5.10 Å². The van der Waals surface area contributed by atoms with E-state index in [0.29, 0.717) is 24.7 Å². The average Bonchev–Trinajstić information content (AvgIpc) is 2.84. The van der Waals surface area contributed by atoms with Crippen LogP contribution in [-0.2, 0) is 17.8 Å². The van der Waals surface area contributed by atoms with Crippen LogP contribution in [0.15, 0.2) is 90.0 Å². The van der Waals surface area contributed by atoms with Gasteiger partial charge in [-0.05, 0) is 69.1 Å². The molecule has 4 rings (SSSR count). The van der Waals surface area contributed by atoms with Crippen LogP contribution in [0.3, 0.4) is 0 Å². The van der Waals surface area contributed by atoms with Gasteiger partial charge in [0.25, 0.3) is 0 Å². The SMILES string of the molecule is CCOc1cc(/C=N\NC(=O)Cc2ccccc2)cc(I)c1OCc1cccc2ccccc12. The lowest BCUT2D eigenvalue weighted by Gasteiger charge is -2.15. The fourth-order valence-electron chi connectivity index (χ4n) is 3.63. The van der Waals surface area contributed by atoms with Gasteiger partial charge in [-0.3, -0.25) is 4.79 Å². The number of nitrogens with zero attached hydrogens (tertiary/aromatic N) is 1. The number of carbonyl (C=O) groups is 1. The van der Waals surface area contributed by atoms with Crippen molar-refractivity contribution in [1.82, 2.24) is 5.43 Å². The predicted molar refractivity (Wildman–Crippen MR) is 144 cm³/mol. The number of fused-ring (bicyclic) bond motifs is 1. The first kappa shape index (κ1) is 23.8. The fraction of sp³-hybridized carbons (Fsp3) is 0.143. The minimum absolute atomic E-state index is 0.169. The summed E-state index contributed by atoms with van der Waals surface area (Å²) in [6.45, 7) is 2.88. The highest BCUT2D eigenvalue weighted by Crippen LogP contribution is 2.35. The zero-order valence-corrected chi connectivity index (χ0v) is 21.0. The summed E-state index contributed by atoms with van der Waals surface area (Å²) in [5.41, 5.74) is 5.45. The summed E-state index contributed by atoms with van der Waals surface area (Å²) < 4.78 is 13.0. The summed E-state index contributed by atoms with van der Waals surface area (Å²) in [6.07, 6.45) is 1.89. The Hall–Kier alpha value is -3.39. The molecule has 0 aliphatic rings. The molecule has 4 aromatic carbocycles. The molecule has 5 nitrogen and oxygen atoms in total. The van der Waals surface area contributed by atoms with E-state index in [1.165, 1.54) is 10.8 Å². The first-order chi connectivity index (χ1) is 16.6. The molecule has 0 radical (unpaired) electrons. The lowest BCUT2D eigenvalue weighted by Crippen LogP contribution is -2.19. The molecule has 6 heteroatoms. The molecule has 0 heterocycles. The minimum Gasteiger partial charge on any atom is -0.490 e. The molecule has 0 aliphatic carbocycles. The van der Waals surface area contributed by atoms with Crippen LogP contribution in [0.4, 0.5) is 0 Å². The highest BCUT2D eigenvalue weighted by atomic mass is 127. The number of nitrogens with one attached hydrogen (secondary N) is 1. The first-order valence-corrected chi connectivity index (χ1v) is 12.1. The van der Waals surface area contributed by atoms with Crippen molar-refractivity contribution in [3.05, 3.63) is 105 Å². The van der Waals surface area contributed by atoms with Crippen molar-refractivity contribution < 1.29 is 14.3 Å². The van der Waals surface area contributed by atoms with Gasteiger partial charge < -0.3 is 9.47 Å². The summed E-state index contributed by atoms with van der Waals surface area (Å²) in [7, 11) is 0. The van der Waals surface area contributed by atoms with Gasteiger partial charge >= 0.3 is 0 Å². The van der Waals surface area contributed by atoms with Crippen LogP contribution >= 0.6 is 22.6 Å². The number of hydrogen-bond donors (Lipinski definition) is 1. The number of ether oxygens (including phenoxy) is 2. The quantitative estimate of drug-likeness (QED) is 0.152. The number of rotatable bonds is 9. The number of hydrazone groups is 1. The van der Waals surface area contributed by atoms with Crippen molar-refractivity contribution >= 4 is 45.5 Å². The Morgan fingerprint density at radius 1 is 0.971 bits per heavy atom. The van der Waals surface area contributed by atoms with Gasteiger partial charge in [-0.1, -0.05) is 72.8 Å². The summed E-state index contributed by atoms with van der Waals surface area (Å²) >= 11 is 2.24. The molecule has 0 bridgehead atoms. The summed E-state index contributed by atoms with van der Waals surface area (Å²) in [5.74, 6) is 1.17. The van der Waals surface area contributed by atoms with Gasteiger partial charge in [-0.15, -0.1) is 0 Å². The summed E-state index contributed by atoms with van der Waals surface area (Å²) in [5, 5.41) is 6.47. The average molecular weight is 564 g/mol. The van der Waals surface area contributed by atoms with Gasteiger partial charge in [-0.25, -0.2) is 5.43 Å². The Balaban J connectivity index is 1.46. The molecule has 0 saturated heterocycles. The van der Waals surface area contributed by atoms with Crippen LogP contribution in [0.2, 0.25) is 0 Å². The van der Waals surface area contributed by atoms with Crippen LogP contribution < -0.4 is 14.9 Å². The van der Waals surface area contributed by atoms with E-state index in [0.717, 1.165) is 20.3 Å². The molecule has 1 amide bonds. The third-order valence-corrected chi connectivity index (χ3v) is 6.00. The van der Waals surface area contributed by atoms with E-state index in [1.54, 1.807) is 6.21 Å². The molecular formula is C28H25IN2O3. The third kappa shape index (κ3) is 6.14. The monoisotopic (exact) mass is 564 g/mol. The van der Waals surface area contributed by atoms with Gasteiger partial charge in [0.2, 0.25) is 5.91 Å². The lowest BCUT2D eigenvalue weighted by atomic mass is 10.1. The van der Waals surface area contributed by atoms with Gasteiger partial charge in [0.15, 0.2) is 11.5 Å². The summed E-state index contributed by atoms with van der Waals surface area (Å²) in [4.78, 5) is 12.1. The highest BCUT2D eigenvalue weighted by molar-refractivity contribution is 14.1. The van der Waals surface area contributed by atoms with Crippen LogP contribution in [-0.4, -0.2) is 18.7 Å². The number of halogens is 1. The Kier molecular flexibility index (Phi) is 8.14. The normalized spacial score (nSPS) is 11.0. The fourth-order valence-corrected chi connectivity index (χ4v) is 4.41. The van der Waals surface area contributed by atoms with Crippen molar-refractivity contribution in [1.29, 1.82) is 0 Å². The van der Waals surface area contributed by atoms with Crippen LogP contribution in [0.5, 0.6) is 11.5 Å². The Morgan fingerprint density at radius 2 is 1.74 bits per heavy atom. The number of amides is 1. The Labute approximate surface area is 212 Å². The molecular weight excluding hydrogens is 539 g/mol. The second-order valence-corrected chi connectivity index (χ2v) is 8.81. The van der Waals surface area contributed by atoms with E-state index >= 15 is 0 Å². The molecule has 0 spiro atoms. The van der Waals surface area contributed by atoms with Crippen LogP contribution in [0.25, 0.3) is 10.8 Å². The van der Waals surface area contributed by atoms with Crippen molar-refractivity contribution in [3.8, 4) is 11.5 Å². The molecule has 1 N–H and O–H groups in total. The molecule has 0 fully saturated rings. The maximum absolute atomic E-state index is 12.1. The van der Waals surface area contributed by atoms with E-state index in [4.69, 9.17) is 9.47 Å². The molecule has 0 atom stereocenters. The maximum atomic E-state index is 12.1. The highest BCUT2D eigenvalue weighted by Gasteiger charge is 2.13. The minimum atomic E-state index is -0.169. The molecule has 172 valence electrons. The predicted octanol–water partition coefficient (Wildman–Crippen LogP) is 6.11. The molecule has 0 aliphatic heterocycles. The molecule has 4 aromatic rings. The van der Waals surface area contributed by atoms with E-state index in [9.17, 15) is 4.79 Å². The Morgan fingerprint density at radius 3 is 2.56 bits per heavy atom. The van der Waals surface area contributed by atoms with Crippen molar-refractivity contribution in [3.63, 3.8) is 0 Å². The van der Waals surface area contributed by atoms with Gasteiger partial charge in [0, 0.05) is 0 Å². The zero-order valence-electron chi connectivity index (χ0n) is 18.8. The van der Waals surface area contributed by atoms with Crippen molar-refractivity contribution in [2.45, 2.75) is 20.0 Å². The third-order valence-electron chi connectivity index (χ3n) is 5.19. The lowest BCUT2D eigenvalue weighted by molar-refractivity contribution is -0.120. The van der Waals surface area contributed by atoms with Crippen molar-refractivity contribution in [2.75, 3.05) is 6.61 Å². The van der Waals surface area contributed by atoms with Gasteiger partial charge in [-0.2, -0.15) is 5.10 Å². The molecule has 0 aromatic heterocycles. The largest absolute Gasteiger partial charge is 0.490 e. The smallest absolute Gasteiger partial charge is 0.244 e. The maximum Gasteiger partial charge on any atom is 0.244 e. The van der Waals surface area contributed by atoms with Gasteiger partial charge in [0.1, 0.15) is 6.61 Å². The van der Waals surface area contributed by atoms with Crippen LogP contribution in [0, 0.1) is 3.57 Å². The van der Waals surface area contributed by atoms with E-state index in [1.807, 2.05) is 67.6 Å². The van der Waals surface area contributed by atoms with E-state index in [-0.39, 0.29) is 12.3 Å². The zero-order chi connectivity index (χ0) is 23.8. The molecule has 34 heavy (non-hydrogen) atoms. The summed E-state index contributed by atoms with van der Waals surface area (Å²) in [6, 6.07) is 27.9. The Bertz CT molecular complexity index is 1300. The first-order valence-electron chi connectivity index (χ1n) is 11.1. The standard InChI is InChI=1S/C28H25IN2O3/c1-2-33-26-16-21(18-30-31-27(32)17-20-9-4-3-5-10-20)15-25(29)28(26)34-19-23-13-8-12-22-11-6-7-14-24(22)23/h3-16,18H,2,17,19H2,1H3,(H,31,32)/b30-18-. The second kappa shape index (κ2) is 11.7. The van der Waals surface area contributed by atoms with Crippen LogP contribution in [0.1, 0.15) is 23.6 Å². The topological polar surface area (TPSA) is 59.9 Å². The van der Waals surface area contributed by atoms with E-state index in [2.05, 4.69) is 57.4 Å². The molecule has 0 saturated carbocycles. The second-order valence-electron chi connectivity index (χ2n) is 7.65. The number of benzene rings is 4.